The number of aromatic nitrogens is 4. The van der Waals surface area contributed by atoms with E-state index < -0.39 is 0 Å². The summed E-state index contributed by atoms with van der Waals surface area (Å²) < 4.78 is 5.66. The molecule has 0 bridgehead atoms. The highest BCUT2D eigenvalue weighted by Gasteiger charge is 2.06. The van der Waals surface area contributed by atoms with Crippen molar-refractivity contribution in [2.45, 2.75) is 13.8 Å². The van der Waals surface area contributed by atoms with Gasteiger partial charge in [-0.25, -0.2) is 15.0 Å². The van der Waals surface area contributed by atoms with Gasteiger partial charge in [-0.1, -0.05) is 13.8 Å². The molecule has 1 N–H and O–H groups in total. The Labute approximate surface area is 117 Å². The van der Waals surface area contributed by atoms with Gasteiger partial charge in [0.15, 0.2) is 11.3 Å². The first-order chi connectivity index (χ1) is 9.72. The number of nitrogens with one attached hydrogen (secondary N) is 1. The van der Waals surface area contributed by atoms with Crippen LogP contribution >= 0.6 is 0 Å². The first-order valence-corrected chi connectivity index (χ1v) is 6.62. The molecule has 102 valence electrons. The third-order valence-corrected chi connectivity index (χ3v) is 2.84. The van der Waals surface area contributed by atoms with Crippen LogP contribution in [-0.4, -0.2) is 26.5 Å². The molecule has 0 fully saturated rings. The molecule has 0 amide bonds. The van der Waals surface area contributed by atoms with Crippen LogP contribution in [0.2, 0.25) is 0 Å². The quantitative estimate of drug-likeness (QED) is 0.790. The molecule has 3 aromatic rings. The Hall–Kier alpha value is -2.43. The summed E-state index contributed by atoms with van der Waals surface area (Å²) in [6, 6.07) is 7.86. The summed E-state index contributed by atoms with van der Waals surface area (Å²) in [4.78, 5) is 15.9. The van der Waals surface area contributed by atoms with Gasteiger partial charge in [-0.05, 0) is 30.2 Å². The van der Waals surface area contributed by atoms with Crippen molar-refractivity contribution in [1.82, 2.24) is 19.9 Å². The van der Waals surface area contributed by atoms with E-state index in [1.807, 2.05) is 24.3 Å². The van der Waals surface area contributed by atoms with Gasteiger partial charge in [0.05, 0.1) is 6.61 Å². The lowest BCUT2D eigenvalue weighted by molar-refractivity contribution is 0.271. The molecule has 5 heteroatoms. The zero-order valence-corrected chi connectivity index (χ0v) is 11.5. The Kier molecular flexibility index (Phi) is 3.33. The summed E-state index contributed by atoms with van der Waals surface area (Å²) in [6.07, 6.45) is 3.28. The van der Waals surface area contributed by atoms with Crippen molar-refractivity contribution >= 4 is 11.3 Å². The normalized spacial score (nSPS) is 11.2. The third kappa shape index (κ3) is 2.61. The van der Waals surface area contributed by atoms with Crippen LogP contribution in [-0.2, 0) is 0 Å². The Morgan fingerprint density at radius 2 is 1.85 bits per heavy atom. The first kappa shape index (κ1) is 12.6. The number of aromatic amines is 1. The number of fused-ring (bicyclic) bond motifs is 1. The molecule has 0 spiro atoms. The van der Waals surface area contributed by atoms with Gasteiger partial charge in [-0.3, -0.25) is 0 Å². The van der Waals surface area contributed by atoms with E-state index in [1.54, 1.807) is 12.4 Å². The maximum atomic E-state index is 5.66. The Morgan fingerprint density at radius 3 is 2.55 bits per heavy atom. The van der Waals surface area contributed by atoms with Gasteiger partial charge in [-0.2, -0.15) is 0 Å². The van der Waals surface area contributed by atoms with Gasteiger partial charge in [0, 0.05) is 18.0 Å². The molecule has 1 aromatic carbocycles. The Morgan fingerprint density at radius 1 is 1.10 bits per heavy atom. The van der Waals surface area contributed by atoms with E-state index >= 15 is 0 Å². The molecule has 0 aliphatic carbocycles. The monoisotopic (exact) mass is 268 g/mol. The second-order valence-electron chi connectivity index (χ2n) is 5.04. The average molecular weight is 268 g/mol. The van der Waals surface area contributed by atoms with Gasteiger partial charge in [0.1, 0.15) is 11.6 Å². The van der Waals surface area contributed by atoms with E-state index in [0.717, 1.165) is 23.7 Å². The number of ether oxygens (including phenoxy) is 1. The molecule has 0 saturated carbocycles. The largest absolute Gasteiger partial charge is 0.493 e. The molecule has 0 aliphatic heterocycles. The second kappa shape index (κ2) is 5.28. The molecule has 0 saturated heterocycles. The highest BCUT2D eigenvalue weighted by Crippen LogP contribution is 2.21. The highest BCUT2D eigenvalue weighted by atomic mass is 16.5. The lowest BCUT2D eigenvalue weighted by atomic mass is 10.2. The predicted molar refractivity (Wildman–Crippen MR) is 77.5 cm³/mol. The molecule has 20 heavy (non-hydrogen) atoms. The highest BCUT2D eigenvalue weighted by molar-refractivity contribution is 5.71. The number of hydrogen-bond acceptors (Lipinski definition) is 4. The lowest BCUT2D eigenvalue weighted by Gasteiger charge is -2.08. The van der Waals surface area contributed by atoms with E-state index in [9.17, 15) is 0 Å². The van der Waals surface area contributed by atoms with E-state index in [-0.39, 0.29) is 0 Å². The zero-order valence-electron chi connectivity index (χ0n) is 11.5. The summed E-state index contributed by atoms with van der Waals surface area (Å²) in [7, 11) is 0. The van der Waals surface area contributed by atoms with E-state index in [2.05, 4.69) is 33.8 Å². The van der Waals surface area contributed by atoms with Crippen LogP contribution in [0, 0.1) is 5.92 Å². The first-order valence-electron chi connectivity index (χ1n) is 6.62. The average Bonchev–Trinajstić information content (AvgIpc) is 2.89. The smallest absolute Gasteiger partial charge is 0.197 e. The number of nitrogens with zero attached hydrogens (tertiary/aromatic N) is 3. The van der Waals surface area contributed by atoms with Gasteiger partial charge in [0.25, 0.3) is 0 Å². The number of rotatable bonds is 4. The van der Waals surface area contributed by atoms with Crippen molar-refractivity contribution in [2.24, 2.45) is 5.92 Å². The van der Waals surface area contributed by atoms with Gasteiger partial charge < -0.3 is 9.72 Å². The third-order valence-electron chi connectivity index (χ3n) is 2.84. The van der Waals surface area contributed by atoms with Crippen molar-refractivity contribution < 1.29 is 4.74 Å². The summed E-state index contributed by atoms with van der Waals surface area (Å²) in [5, 5.41) is 0. The van der Waals surface area contributed by atoms with Crippen LogP contribution in [0.4, 0.5) is 0 Å². The number of benzene rings is 1. The fourth-order valence-electron chi connectivity index (χ4n) is 1.86. The lowest BCUT2D eigenvalue weighted by Crippen LogP contribution is -2.04. The van der Waals surface area contributed by atoms with E-state index in [4.69, 9.17) is 4.74 Å². The fraction of sp³-hybridized carbons (Fsp3) is 0.267. The molecule has 2 aromatic heterocycles. The molecule has 2 heterocycles. The minimum atomic E-state index is 0.516. The molecule has 3 rings (SSSR count). The van der Waals surface area contributed by atoms with E-state index in [0.29, 0.717) is 17.2 Å². The van der Waals surface area contributed by atoms with Crippen LogP contribution in [0.25, 0.3) is 22.7 Å². The summed E-state index contributed by atoms with van der Waals surface area (Å²) in [6.45, 7) is 4.98. The van der Waals surface area contributed by atoms with Crippen molar-refractivity contribution in [3.8, 4) is 17.1 Å². The van der Waals surface area contributed by atoms with Crippen LogP contribution in [0.5, 0.6) is 5.75 Å². The number of hydrogen-bond donors (Lipinski definition) is 1. The topological polar surface area (TPSA) is 63.7 Å². The molecule has 0 unspecified atom stereocenters. The van der Waals surface area contributed by atoms with Crippen LogP contribution in [0.15, 0.2) is 36.7 Å². The number of imidazole rings is 1. The number of H-pyrrole nitrogens is 1. The van der Waals surface area contributed by atoms with Gasteiger partial charge in [-0.15, -0.1) is 0 Å². The maximum Gasteiger partial charge on any atom is 0.197 e. The van der Waals surface area contributed by atoms with Crippen LogP contribution < -0.4 is 4.74 Å². The summed E-state index contributed by atoms with van der Waals surface area (Å²) >= 11 is 0. The fourth-order valence-corrected chi connectivity index (χ4v) is 1.86. The SMILES string of the molecule is CC(C)COc1ccc(-c2nc3nccnc3[nH]2)cc1. The molecule has 5 nitrogen and oxygen atoms in total. The molecule has 0 aliphatic rings. The maximum absolute atomic E-state index is 5.66. The molecular weight excluding hydrogens is 252 g/mol. The van der Waals surface area contributed by atoms with Crippen molar-refractivity contribution in [1.29, 1.82) is 0 Å². The molecule has 0 radical (unpaired) electrons. The minimum absolute atomic E-state index is 0.516. The van der Waals surface area contributed by atoms with Crippen molar-refractivity contribution in [3.63, 3.8) is 0 Å². The predicted octanol–water partition coefficient (Wildman–Crippen LogP) is 3.05. The Bertz CT molecular complexity index is 670. The minimum Gasteiger partial charge on any atom is -0.493 e. The van der Waals surface area contributed by atoms with Crippen molar-refractivity contribution in [2.75, 3.05) is 6.61 Å². The van der Waals surface area contributed by atoms with Crippen LogP contribution in [0.3, 0.4) is 0 Å². The zero-order chi connectivity index (χ0) is 13.9. The second-order valence-corrected chi connectivity index (χ2v) is 5.04. The summed E-state index contributed by atoms with van der Waals surface area (Å²) in [5.41, 5.74) is 2.31. The molecular formula is C15H16N4O. The van der Waals surface area contributed by atoms with Crippen molar-refractivity contribution in [3.05, 3.63) is 36.7 Å². The van der Waals surface area contributed by atoms with Gasteiger partial charge >= 0.3 is 0 Å². The standard InChI is InChI=1S/C15H16N4O/c1-10(2)9-20-12-5-3-11(4-6-12)13-18-14-15(19-13)17-8-7-16-14/h3-8,10H,9H2,1-2H3,(H,16,17,18,19). The van der Waals surface area contributed by atoms with E-state index in [1.165, 1.54) is 0 Å². The Balaban J connectivity index is 1.83. The van der Waals surface area contributed by atoms with Crippen LogP contribution in [0.1, 0.15) is 13.8 Å². The molecule has 0 atom stereocenters. The summed E-state index contributed by atoms with van der Waals surface area (Å²) in [5.74, 6) is 2.15. The van der Waals surface area contributed by atoms with Gasteiger partial charge in [0.2, 0.25) is 0 Å².